The first-order chi connectivity index (χ1) is 10.8. The Morgan fingerprint density at radius 2 is 1.43 bits per heavy atom. The van der Waals surface area contributed by atoms with Crippen LogP contribution in [0, 0.1) is 0 Å². The van der Waals surface area contributed by atoms with Crippen molar-refractivity contribution in [2.75, 3.05) is 0 Å². The molecule has 120 valence electrons. The van der Waals surface area contributed by atoms with Crippen molar-refractivity contribution in [3.05, 3.63) is 59.7 Å². The van der Waals surface area contributed by atoms with Crippen LogP contribution < -0.4 is 5.30 Å². The second-order valence-electron chi connectivity index (χ2n) is 4.36. The molecule has 0 bridgehead atoms. The fourth-order valence-electron chi connectivity index (χ4n) is 1.65. The van der Waals surface area contributed by atoms with E-state index in [0.29, 0.717) is 5.30 Å². The van der Waals surface area contributed by atoms with Gasteiger partial charge < -0.3 is 10.2 Å². The molecule has 0 heterocycles. The molecule has 7 nitrogen and oxygen atoms in total. The number of aromatic carboxylic acids is 2. The number of carboxylic acids is 2. The van der Waals surface area contributed by atoms with Gasteiger partial charge in [0, 0.05) is 5.30 Å². The normalized spacial score (nSPS) is 11.7. The standard InChI is InChI=1S/C14H11O7PS/c15-13(16)9-6-10(14(17)18)8-12(7-9)23(19,20)21-22-11-4-2-1-3-5-11/h1-8,22H,(H,15,16)(H,17,18). The van der Waals surface area contributed by atoms with Gasteiger partial charge in [0.25, 0.3) is 10.1 Å². The fourth-order valence-corrected chi connectivity index (χ4v) is 3.73. The first kappa shape index (κ1) is 17.1. The van der Waals surface area contributed by atoms with Gasteiger partial charge in [-0.1, -0.05) is 30.3 Å². The average molecular weight is 354 g/mol. The quantitative estimate of drug-likeness (QED) is 0.758. The second-order valence-corrected chi connectivity index (χ2v) is 7.19. The number of carbonyl (C=O) groups is 2. The van der Waals surface area contributed by atoms with Crippen LogP contribution in [0.4, 0.5) is 0 Å². The third kappa shape index (κ3) is 4.35. The Morgan fingerprint density at radius 1 is 0.913 bits per heavy atom. The van der Waals surface area contributed by atoms with Crippen molar-refractivity contribution in [3.8, 4) is 0 Å². The summed E-state index contributed by atoms with van der Waals surface area (Å²) in [5.41, 5.74) is -0.898. The summed E-state index contributed by atoms with van der Waals surface area (Å²) in [6, 6.07) is 11.1. The SMILES string of the molecule is O=C(O)c1cc(C(=O)O)cc(S(=O)(=O)OPc2ccccc2)c1. The summed E-state index contributed by atoms with van der Waals surface area (Å²) in [6.07, 6.45) is 0. The molecule has 2 rings (SSSR count). The van der Waals surface area contributed by atoms with Gasteiger partial charge in [0.15, 0.2) is 0 Å². The molecule has 1 unspecified atom stereocenters. The molecule has 23 heavy (non-hydrogen) atoms. The second kappa shape index (κ2) is 6.87. The molecule has 9 heteroatoms. The smallest absolute Gasteiger partial charge is 0.335 e. The number of rotatable bonds is 6. The molecule has 0 aromatic heterocycles. The minimum atomic E-state index is -4.28. The molecule has 0 aliphatic rings. The highest BCUT2D eigenvalue weighted by molar-refractivity contribution is 7.90. The van der Waals surface area contributed by atoms with Gasteiger partial charge >= 0.3 is 11.9 Å². The summed E-state index contributed by atoms with van der Waals surface area (Å²) in [4.78, 5) is 21.5. The fraction of sp³-hybridized carbons (Fsp3) is 0. The molecule has 2 aromatic carbocycles. The van der Waals surface area contributed by atoms with E-state index in [1.165, 1.54) is 0 Å². The number of carboxylic acid groups (broad SMARTS) is 2. The molecule has 0 aliphatic heterocycles. The van der Waals surface area contributed by atoms with Crippen LogP contribution in [0.5, 0.6) is 0 Å². The Bertz CT molecular complexity index is 814. The molecule has 0 saturated carbocycles. The summed E-state index contributed by atoms with van der Waals surface area (Å²) in [7, 11) is -4.80. The summed E-state index contributed by atoms with van der Waals surface area (Å²) >= 11 is 0. The van der Waals surface area contributed by atoms with Gasteiger partial charge in [-0.05, 0) is 18.2 Å². The summed E-state index contributed by atoms with van der Waals surface area (Å²) in [5, 5.41) is 18.6. The predicted octanol–water partition coefficient (Wildman–Crippen LogP) is 1.71. The minimum absolute atomic E-state index is 0.449. The van der Waals surface area contributed by atoms with Crippen LogP contribution in [-0.2, 0) is 14.1 Å². The number of hydrogen-bond donors (Lipinski definition) is 2. The van der Waals surface area contributed by atoms with Gasteiger partial charge in [-0.15, -0.1) is 0 Å². The highest BCUT2D eigenvalue weighted by atomic mass is 32.2. The Kier molecular flexibility index (Phi) is 5.10. The molecule has 2 N–H and O–H groups in total. The monoisotopic (exact) mass is 354 g/mol. The van der Waals surface area contributed by atoms with Crippen LogP contribution in [0.1, 0.15) is 20.7 Å². The molecule has 0 amide bonds. The van der Waals surface area contributed by atoms with Crippen molar-refractivity contribution < 1.29 is 32.2 Å². The van der Waals surface area contributed by atoms with E-state index in [2.05, 4.69) is 0 Å². The van der Waals surface area contributed by atoms with Crippen molar-refractivity contribution in [2.24, 2.45) is 0 Å². The lowest BCUT2D eigenvalue weighted by molar-refractivity contribution is 0.0696. The van der Waals surface area contributed by atoms with Gasteiger partial charge in [-0.2, -0.15) is 8.42 Å². The largest absolute Gasteiger partial charge is 0.478 e. The number of hydrogen-bond acceptors (Lipinski definition) is 5. The molecule has 0 saturated heterocycles. The van der Waals surface area contributed by atoms with E-state index in [9.17, 15) is 18.0 Å². The third-order valence-corrected chi connectivity index (χ3v) is 5.33. The highest BCUT2D eigenvalue weighted by Gasteiger charge is 2.21. The molecule has 0 aliphatic carbocycles. The lowest BCUT2D eigenvalue weighted by Crippen LogP contribution is -2.09. The van der Waals surface area contributed by atoms with Crippen LogP contribution in [0.15, 0.2) is 53.4 Å². The zero-order valence-electron chi connectivity index (χ0n) is 11.5. The lowest BCUT2D eigenvalue weighted by Gasteiger charge is -2.07. The van der Waals surface area contributed by atoms with E-state index in [4.69, 9.17) is 14.2 Å². The van der Waals surface area contributed by atoms with Crippen LogP contribution in [-0.4, -0.2) is 30.6 Å². The highest BCUT2D eigenvalue weighted by Crippen LogP contribution is 2.24. The summed E-state index contributed by atoms with van der Waals surface area (Å²) in [6.45, 7) is 0. The van der Waals surface area contributed by atoms with E-state index >= 15 is 0 Å². The Labute approximate surface area is 133 Å². The van der Waals surface area contributed by atoms with E-state index in [1.54, 1.807) is 30.3 Å². The van der Waals surface area contributed by atoms with Crippen molar-refractivity contribution >= 4 is 36.2 Å². The Balaban J connectivity index is 2.35. The molecule has 1 atom stereocenters. The zero-order valence-corrected chi connectivity index (χ0v) is 13.3. The molecular weight excluding hydrogens is 343 g/mol. The van der Waals surface area contributed by atoms with E-state index in [0.717, 1.165) is 18.2 Å². The minimum Gasteiger partial charge on any atom is -0.478 e. The van der Waals surface area contributed by atoms with Gasteiger partial charge in [-0.25, -0.2) is 13.6 Å². The van der Waals surface area contributed by atoms with Crippen molar-refractivity contribution in [3.63, 3.8) is 0 Å². The third-order valence-electron chi connectivity index (χ3n) is 2.73. The topological polar surface area (TPSA) is 118 Å². The van der Waals surface area contributed by atoms with E-state index < -0.39 is 46.9 Å². The maximum absolute atomic E-state index is 12.2. The lowest BCUT2D eigenvalue weighted by atomic mass is 10.1. The molecular formula is C14H11O7PS. The van der Waals surface area contributed by atoms with Gasteiger partial charge in [0.05, 0.1) is 24.8 Å². The first-order valence-corrected chi connectivity index (χ1v) is 8.47. The van der Waals surface area contributed by atoms with Crippen molar-refractivity contribution in [2.45, 2.75) is 4.90 Å². The van der Waals surface area contributed by atoms with Gasteiger partial charge in [0.2, 0.25) is 0 Å². The predicted molar refractivity (Wildman–Crippen MR) is 83.0 cm³/mol. The van der Waals surface area contributed by atoms with Gasteiger partial charge in [-0.3, -0.25) is 0 Å². The first-order valence-electron chi connectivity index (χ1n) is 6.16. The van der Waals surface area contributed by atoms with Gasteiger partial charge in [0.1, 0.15) is 0 Å². The molecule has 0 spiro atoms. The maximum atomic E-state index is 12.2. The molecule has 2 aromatic rings. The molecule has 0 fully saturated rings. The van der Waals surface area contributed by atoms with Crippen LogP contribution in [0.3, 0.4) is 0 Å². The summed E-state index contributed by atoms with van der Waals surface area (Å²) < 4.78 is 29.2. The van der Waals surface area contributed by atoms with Crippen LogP contribution in [0.25, 0.3) is 0 Å². The average Bonchev–Trinajstić information content (AvgIpc) is 2.53. The maximum Gasteiger partial charge on any atom is 0.335 e. The van der Waals surface area contributed by atoms with Crippen molar-refractivity contribution in [1.29, 1.82) is 0 Å². The Hall–Kier alpha value is -2.28. The van der Waals surface area contributed by atoms with Crippen molar-refractivity contribution in [1.82, 2.24) is 0 Å². The van der Waals surface area contributed by atoms with Crippen LogP contribution >= 0.6 is 8.81 Å². The summed E-state index contributed by atoms with van der Waals surface area (Å²) in [5.74, 6) is -2.87. The van der Waals surface area contributed by atoms with E-state index in [-0.39, 0.29) is 0 Å². The Morgan fingerprint density at radius 3 is 1.91 bits per heavy atom. The zero-order chi connectivity index (χ0) is 17.0. The molecule has 0 radical (unpaired) electrons. The van der Waals surface area contributed by atoms with E-state index in [1.807, 2.05) is 0 Å². The number of benzene rings is 2. The van der Waals surface area contributed by atoms with Crippen LogP contribution in [0.2, 0.25) is 0 Å².